The normalized spacial score (nSPS) is 11.0. The van der Waals surface area contributed by atoms with Crippen molar-refractivity contribution in [3.05, 3.63) is 67.6 Å². The molecule has 8 heteroatoms. The summed E-state index contributed by atoms with van der Waals surface area (Å²) in [5.74, 6) is 0.526. The lowest BCUT2D eigenvalue weighted by atomic mass is 10.00. The van der Waals surface area contributed by atoms with Gasteiger partial charge in [0.25, 0.3) is 5.69 Å². The molecule has 3 rings (SSSR count). The van der Waals surface area contributed by atoms with E-state index >= 15 is 0 Å². The summed E-state index contributed by atoms with van der Waals surface area (Å²) in [5, 5.41) is 11.5. The minimum atomic E-state index is -0.596. The number of hydrogen-bond donors (Lipinski definition) is 0. The van der Waals surface area contributed by atoms with Crippen LogP contribution in [0.4, 0.5) is 5.69 Å². The van der Waals surface area contributed by atoms with Gasteiger partial charge in [0.05, 0.1) is 4.92 Å². The average molecular weight is 361 g/mol. The third-order valence-corrected chi connectivity index (χ3v) is 3.86. The first-order valence-electron chi connectivity index (χ1n) is 7.40. The molecule has 0 amide bonds. The fourth-order valence-electron chi connectivity index (χ4n) is 2.41. The molecule has 128 valence electrons. The molecule has 0 spiro atoms. The van der Waals surface area contributed by atoms with Gasteiger partial charge in [-0.05, 0) is 23.6 Å². The fourth-order valence-corrected chi connectivity index (χ4v) is 2.61. The van der Waals surface area contributed by atoms with Crippen molar-refractivity contribution in [2.24, 2.45) is 0 Å². The molecular weight excluding hydrogens is 348 g/mol. The van der Waals surface area contributed by atoms with Crippen molar-refractivity contribution in [2.75, 3.05) is 0 Å². The maximum atomic E-state index is 11.7. The Hall–Kier alpha value is -2.93. The van der Waals surface area contributed by atoms with Gasteiger partial charge in [-0.2, -0.15) is 0 Å². The molecule has 0 aliphatic rings. The molecule has 7 nitrogen and oxygen atoms in total. The van der Waals surface area contributed by atoms with Crippen LogP contribution in [0.2, 0.25) is 5.02 Å². The Morgan fingerprint density at radius 3 is 2.68 bits per heavy atom. The quantitative estimate of drug-likeness (QED) is 0.381. The first kappa shape index (κ1) is 16.9. The molecule has 0 bridgehead atoms. The Labute approximate surface area is 147 Å². The number of rotatable bonds is 4. The monoisotopic (exact) mass is 360 g/mol. The van der Waals surface area contributed by atoms with E-state index in [1.54, 1.807) is 18.2 Å². The molecule has 2 aromatic heterocycles. The number of pyridine rings is 1. The smallest absolute Gasteiger partial charge is 0.336 e. The van der Waals surface area contributed by atoms with Gasteiger partial charge in [0.2, 0.25) is 5.88 Å². The predicted molar refractivity (Wildman–Crippen MR) is 92.5 cm³/mol. The van der Waals surface area contributed by atoms with Crippen molar-refractivity contribution in [2.45, 2.75) is 19.8 Å². The molecule has 0 aliphatic heterocycles. The minimum Gasteiger partial charge on any atom is -0.437 e. The molecule has 1 aromatic carbocycles. The van der Waals surface area contributed by atoms with E-state index in [1.165, 1.54) is 6.07 Å². The second-order valence-electron chi connectivity index (χ2n) is 5.67. The molecule has 3 aromatic rings. The van der Waals surface area contributed by atoms with Gasteiger partial charge in [0.1, 0.15) is 22.6 Å². The lowest BCUT2D eigenvalue weighted by Crippen LogP contribution is -2.02. The summed E-state index contributed by atoms with van der Waals surface area (Å²) >= 11 is 5.97. The van der Waals surface area contributed by atoms with Crippen molar-refractivity contribution in [3.8, 4) is 11.6 Å². The molecule has 0 radical (unpaired) electrons. The van der Waals surface area contributed by atoms with Gasteiger partial charge in [-0.25, -0.2) is 9.78 Å². The highest BCUT2D eigenvalue weighted by atomic mass is 35.5. The van der Waals surface area contributed by atoms with E-state index in [0.717, 1.165) is 23.2 Å². The Morgan fingerprint density at radius 2 is 2.04 bits per heavy atom. The molecule has 0 N–H and O–H groups in total. The highest BCUT2D eigenvalue weighted by molar-refractivity contribution is 6.32. The van der Waals surface area contributed by atoms with Crippen LogP contribution in [-0.4, -0.2) is 9.91 Å². The van der Waals surface area contributed by atoms with Gasteiger partial charge in [-0.3, -0.25) is 10.1 Å². The Morgan fingerprint density at radius 1 is 1.28 bits per heavy atom. The maximum Gasteiger partial charge on any atom is 0.336 e. The number of aromatic nitrogens is 1. The van der Waals surface area contributed by atoms with E-state index in [0.29, 0.717) is 11.3 Å². The zero-order valence-corrected chi connectivity index (χ0v) is 14.1. The van der Waals surface area contributed by atoms with Crippen LogP contribution >= 0.6 is 11.6 Å². The number of nitro groups is 1. The van der Waals surface area contributed by atoms with Crippen molar-refractivity contribution in [1.82, 2.24) is 4.98 Å². The van der Waals surface area contributed by atoms with Gasteiger partial charge in [-0.15, -0.1) is 0 Å². The van der Waals surface area contributed by atoms with E-state index in [9.17, 15) is 14.9 Å². The minimum absolute atomic E-state index is 0.00619. The Bertz CT molecular complexity index is 1030. The first-order valence-corrected chi connectivity index (χ1v) is 7.78. The van der Waals surface area contributed by atoms with E-state index in [2.05, 4.69) is 4.98 Å². The summed E-state index contributed by atoms with van der Waals surface area (Å²) in [6.07, 6.45) is 1.05. The molecule has 0 atom stereocenters. The molecule has 0 aliphatic carbocycles. The van der Waals surface area contributed by atoms with E-state index in [-0.39, 0.29) is 22.5 Å². The first-order chi connectivity index (χ1) is 11.8. The molecule has 0 fully saturated rings. The van der Waals surface area contributed by atoms with E-state index in [4.69, 9.17) is 20.8 Å². The van der Waals surface area contributed by atoms with Gasteiger partial charge in [0.15, 0.2) is 0 Å². The molecule has 0 saturated heterocycles. The molecule has 25 heavy (non-hydrogen) atoms. The average Bonchev–Trinajstić information content (AvgIpc) is 2.55. The SMILES string of the molecule is CC(C)c1cc(=O)oc2cc(Oc3ncc([N+](=O)[O-])cc3Cl)ccc12. The summed E-state index contributed by atoms with van der Waals surface area (Å²) in [6.45, 7) is 3.97. The lowest BCUT2D eigenvalue weighted by molar-refractivity contribution is -0.385. The van der Waals surface area contributed by atoms with Crippen molar-refractivity contribution in [3.63, 3.8) is 0 Å². The maximum absolute atomic E-state index is 11.7. The zero-order valence-electron chi connectivity index (χ0n) is 13.4. The number of fused-ring (bicyclic) bond motifs is 1. The van der Waals surface area contributed by atoms with E-state index < -0.39 is 10.5 Å². The van der Waals surface area contributed by atoms with E-state index in [1.807, 2.05) is 13.8 Å². The molecular formula is C17H13ClN2O5. The second-order valence-corrected chi connectivity index (χ2v) is 6.08. The second kappa shape index (κ2) is 6.52. The largest absolute Gasteiger partial charge is 0.437 e. The Kier molecular flexibility index (Phi) is 4.41. The molecule has 0 saturated carbocycles. The number of hydrogen-bond acceptors (Lipinski definition) is 6. The highest BCUT2D eigenvalue weighted by Gasteiger charge is 2.14. The highest BCUT2D eigenvalue weighted by Crippen LogP contribution is 2.32. The predicted octanol–water partition coefficient (Wildman–Crippen LogP) is 4.67. The van der Waals surface area contributed by atoms with Gasteiger partial charge >= 0.3 is 5.63 Å². The van der Waals surface area contributed by atoms with Crippen LogP contribution in [0, 0.1) is 10.1 Å². The van der Waals surface area contributed by atoms with Gasteiger partial charge in [0, 0.05) is 23.6 Å². The summed E-state index contributed by atoms with van der Waals surface area (Å²) in [7, 11) is 0. The lowest BCUT2D eigenvalue weighted by Gasteiger charge is -2.10. The third-order valence-electron chi connectivity index (χ3n) is 3.59. The van der Waals surface area contributed by atoms with Crippen molar-refractivity contribution in [1.29, 1.82) is 0 Å². The van der Waals surface area contributed by atoms with Crippen molar-refractivity contribution >= 4 is 28.3 Å². The van der Waals surface area contributed by atoms with Gasteiger partial charge < -0.3 is 9.15 Å². The zero-order chi connectivity index (χ0) is 18.1. The van der Waals surface area contributed by atoms with Crippen LogP contribution in [0.15, 0.2) is 45.7 Å². The topological polar surface area (TPSA) is 95.5 Å². The fraction of sp³-hybridized carbons (Fsp3) is 0.176. The number of nitrogens with zero attached hydrogens (tertiary/aromatic N) is 2. The summed E-state index contributed by atoms with van der Waals surface area (Å²) in [6, 6.07) is 7.65. The van der Waals surface area contributed by atoms with Crippen LogP contribution in [0.25, 0.3) is 11.0 Å². The van der Waals surface area contributed by atoms with Crippen LogP contribution < -0.4 is 10.4 Å². The number of ether oxygens (including phenoxy) is 1. The summed E-state index contributed by atoms with van der Waals surface area (Å²) in [5.41, 5.74) is 0.583. The van der Waals surface area contributed by atoms with Crippen LogP contribution in [0.3, 0.4) is 0 Å². The summed E-state index contributed by atoms with van der Waals surface area (Å²) in [4.78, 5) is 25.7. The number of halogens is 1. The van der Waals surface area contributed by atoms with Crippen LogP contribution in [-0.2, 0) is 0 Å². The van der Waals surface area contributed by atoms with Gasteiger partial charge in [-0.1, -0.05) is 25.4 Å². The van der Waals surface area contributed by atoms with Crippen molar-refractivity contribution < 1.29 is 14.1 Å². The van der Waals surface area contributed by atoms with Crippen LogP contribution in [0.1, 0.15) is 25.3 Å². The third kappa shape index (κ3) is 3.46. The Balaban J connectivity index is 2.00. The molecule has 2 heterocycles. The molecule has 0 unspecified atom stereocenters. The summed E-state index contributed by atoms with van der Waals surface area (Å²) < 4.78 is 10.8. The van der Waals surface area contributed by atoms with Crippen LogP contribution in [0.5, 0.6) is 11.6 Å². The number of benzene rings is 1. The standard InChI is InChI=1S/C17H13ClN2O5/c1-9(2)13-7-16(21)25-15-6-11(3-4-12(13)15)24-17-14(18)5-10(8-19-17)20(22)23/h3-9H,1-2H3.